The molecule has 0 aliphatic heterocycles. The minimum absolute atomic E-state index is 0.00125. The molecular formula is C17H15BrN2O. The maximum Gasteiger partial charge on any atom is 0.261 e. The predicted molar refractivity (Wildman–Crippen MR) is 88.7 cm³/mol. The molecule has 0 spiro atoms. The van der Waals surface area contributed by atoms with Gasteiger partial charge in [0.05, 0.1) is 16.9 Å². The lowest BCUT2D eigenvalue weighted by atomic mass is 10.1. The third-order valence-corrected chi connectivity index (χ3v) is 4.20. The molecule has 3 aromatic rings. The molecule has 0 saturated carbocycles. The first-order chi connectivity index (χ1) is 10.1. The summed E-state index contributed by atoms with van der Waals surface area (Å²) in [5.41, 5.74) is 1.82. The molecule has 0 aliphatic carbocycles. The first kappa shape index (κ1) is 14.0. The number of benzene rings is 2. The highest BCUT2D eigenvalue weighted by atomic mass is 79.9. The van der Waals surface area contributed by atoms with E-state index < -0.39 is 0 Å². The zero-order chi connectivity index (χ0) is 15.0. The summed E-state index contributed by atoms with van der Waals surface area (Å²) in [7, 11) is 0. The minimum atomic E-state index is -0.0424. The van der Waals surface area contributed by atoms with Gasteiger partial charge in [-0.1, -0.05) is 46.3 Å². The second-order valence-corrected chi connectivity index (χ2v) is 6.00. The van der Waals surface area contributed by atoms with Gasteiger partial charge in [0.2, 0.25) is 0 Å². The van der Waals surface area contributed by atoms with Crippen LogP contribution in [0.1, 0.15) is 24.4 Å². The lowest BCUT2D eigenvalue weighted by molar-refractivity contribution is 0.588. The first-order valence-electron chi connectivity index (χ1n) is 6.81. The van der Waals surface area contributed by atoms with Crippen molar-refractivity contribution in [1.82, 2.24) is 9.55 Å². The van der Waals surface area contributed by atoms with E-state index in [2.05, 4.69) is 20.9 Å². The molecule has 21 heavy (non-hydrogen) atoms. The SMILES string of the molecule is Cc1nc2cc(Br)ccc2c(=O)n1C(C)c1ccccc1. The van der Waals surface area contributed by atoms with E-state index in [1.165, 1.54) is 0 Å². The summed E-state index contributed by atoms with van der Waals surface area (Å²) in [5, 5.41) is 0.645. The molecule has 3 nitrogen and oxygen atoms in total. The Kier molecular flexibility index (Phi) is 3.64. The lowest BCUT2D eigenvalue weighted by Crippen LogP contribution is -2.27. The molecule has 0 radical (unpaired) electrons. The van der Waals surface area contributed by atoms with Crippen molar-refractivity contribution in [3.8, 4) is 0 Å². The van der Waals surface area contributed by atoms with Gasteiger partial charge in [0.15, 0.2) is 0 Å². The van der Waals surface area contributed by atoms with Crippen molar-refractivity contribution >= 4 is 26.8 Å². The predicted octanol–water partition coefficient (Wildman–Crippen LogP) is 4.08. The quantitative estimate of drug-likeness (QED) is 0.703. The van der Waals surface area contributed by atoms with Crippen LogP contribution in [0.2, 0.25) is 0 Å². The largest absolute Gasteiger partial charge is 0.289 e. The van der Waals surface area contributed by atoms with Crippen molar-refractivity contribution in [2.24, 2.45) is 0 Å². The van der Waals surface area contributed by atoms with Gasteiger partial charge < -0.3 is 0 Å². The Balaban J connectivity index is 2.24. The van der Waals surface area contributed by atoms with E-state index in [-0.39, 0.29) is 11.6 Å². The van der Waals surface area contributed by atoms with Crippen LogP contribution < -0.4 is 5.56 Å². The van der Waals surface area contributed by atoms with Gasteiger partial charge in [-0.2, -0.15) is 0 Å². The van der Waals surface area contributed by atoms with E-state index >= 15 is 0 Å². The Hall–Kier alpha value is -1.94. The number of fused-ring (bicyclic) bond motifs is 1. The summed E-state index contributed by atoms with van der Waals surface area (Å²) >= 11 is 3.42. The van der Waals surface area contributed by atoms with Gasteiger partial charge in [-0.15, -0.1) is 0 Å². The summed E-state index contributed by atoms with van der Waals surface area (Å²) in [6.07, 6.45) is 0. The molecule has 2 aromatic carbocycles. The molecule has 1 heterocycles. The van der Waals surface area contributed by atoms with Gasteiger partial charge in [-0.3, -0.25) is 9.36 Å². The summed E-state index contributed by atoms with van der Waals surface area (Å²) in [6, 6.07) is 15.5. The number of aromatic nitrogens is 2. The fraction of sp³-hybridized carbons (Fsp3) is 0.176. The second kappa shape index (κ2) is 5.45. The van der Waals surface area contributed by atoms with Gasteiger partial charge >= 0.3 is 0 Å². The molecule has 0 aliphatic rings. The Morgan fingerprint density at radius 2 is 1.86 bits per heavy atom. The van der Waals surface area contributed by atoms with Crippen molar-refractivity contribution in [2.75, 3.05) is 0 Å². The topological polar surface area (TPSA) is 34.9 Å². The lowest BCUT2D eigenvalue weighted by Gasteiger charge is -2.18. The minimum Gasteiger partial charge on any atom is -0.289 e. The highest BCUT2D eigenvalue weighted by molar-refractivity contribution is 9.10. The van der Waals surface area contributed by atoms with Gasteiger partial charge in [-0.25, -0.2) is 4.98 Å². The van der Waals surface area contributed by atoms with E-state index in [0.29, 0.717) is 5.39 Å². The molecule has 0 bridgehead atoms. The molecule has 0 saturated heterocycles. The zero-order valence-electron chi connectivity index (χ0n) is 11.9. The Morgan fingerprint density at radius 3 is 2.57 bits per heavy atom. The summed E-state index contributed by atoms with van der Waals surface area (Å²) in [4.78, 5) is 17.4. The van der Waals surface area contributed by atoms with Crippen molar-refractivity contribution in [1.29, 1.82) is 0 Å². The molecule has 1 atom stereocenters. The number of hydrogen-bond donors (Lipinski definition) is 0. The van der Waals surface area contributed by atoms with Gasteiger partial charge in [0, 0.05) is 4.47 Å². The van der Waals surface area contributed by atoms with Crippen molar-refractivity contribution in [3.63, 3.8) is 0 Å². The average molecular weight is 343 g/mol. The first-order valence-corrected chi connectivity index (χ1v) is 7.60. The number of aryl methyl sites for hydroxylation is 1. The highest BCUT2D eigenvalue weighted by Crippen LogP contribution is 2.20. The molecule has 106 valence electrons. The van der Waals surface area contributed by atoms with E-state index in [1.807, 2.05) is 62.4 Å². The molecule has 1 unspecified atom stereocenters. The van der Waals surface area contributed by atoms with Crippen molar-refractivity contribution in [3.05, 3.63) is 74.7 Å². The van der Waals surface area contributed by atoms with Crippen LogP contribution in [0.15, 0.2) is 57.8 Å². The average Bonchev–Trinajstić information content (AvgIpc) is 2.47. The molecule has 3 rings (SSSR count). The maximum atomic E-state index is 12.8. The molecule has 0 fully saturated rings. The summed E-state index contributed by atoms with van der Waals surface area (Å²) in [5.74, 6) is 0.724. The molecule has 1 aromatic heterocycles. The summed E-state index contributed by atoms with van der Waals surface area (Å²) < 4.78 is 2.68. The highest BCUT2D eigenvalue weighted by Gasteiger charge is 2.15. The number of rotatable bonds is 2. The van der Waals surface area contributed by atoms with Crippen LogP contribution in [-0.4, -0.2) is 9.55 Å². The Bertz CT molecular complexity index is 856. The standard InChI is InChI=1S/C17H15BrN2O/c1-11(13-6-4-3-5-7-13)20-12(2)19-16-10-14(18)8-9-15(16)17(20)21/h3-11H,1-2H3. The monoisotopic (exact) mass is 342 g/mol. The van der Waals surface area contributed by atoms with Gasteiger partial charge in [-0.05, 0) is 37.6 Å². The number of nitrogens with zero attached hydrogens (tertiary/aromatic N) is 2. The third kappa shape index (κ3) is 2.51. The number of hydrogen-bond acceptors (Lipinski definition) is 2. The Labute approximate surface area is 131 Å². The van der Waals surface area contributed by atoms with Crippen LogP contribution in [0.4, 0.5) is 0 Å². The zero-order valence-corrected chi connectivity index (χ0v) is 13.5. The van der Waals surface area contributed by atoms with Crippen LogP contribution in [0.25, 0.3) is 10.9 Å². The van der Waals surface area contributed by atoms with Crippen molar-refractivity contribution < 1.29 is 0 Å². The van der Waals surface area contributed by atoms with Crippen LogP contribution in [0.5, 0.6) is 0 Å². The second-order valence-electron chi connectivity index (χ2n) is 5.08. The van der Waals surface area contributed by atoms with Crippen molar-refractivity contribution in [2.45, 2.75) is 19.9 Å². The third-order valence-electron chi connectivity index (χ3n) is 3.71. The molecule has 0 amide bonds. The van der Waals surface area contributed by atoms with Crippen LogP contribution in [0.3, 0.4) is 0 Å². The summed E-state index contributed by atoms with van der Waals surface area (Å²) in [6.45, 7) is 3.90. The van der Waals surface area contributed by atoms with E-state index in [0.717, 1.165) is 21.4 Å². The van der Waals surface area contributed by atoms with Crippen LogP contribution in [-0.2, 0) is 0 Å². The number of halogens is 1. The van der Waals surface area contributed by atoms with E-state index in [4.69, 9.17) is 0 Å². The van der Waals surface area contributed by atoms with Crippen LogP contribution >= 0.6 is 15.9 Å². The molecule has 0 N–H and O–H groups in total. The fourth-order valence-electron chi connectivity index (χ4n) is 2.62. The van der Waals surface area contributed by atoms with Crippen LogP contribution in [0, 0.1) is 6.92 Å². The fourth-order valence-corrected chi connectivity index (χ4v) is 2.97. The van der Waals surface area contributed by atoms with Gasteiger partial charge in [0.25, 0.3) is 5.56 Å². The maximum absolute atomic E-state index is 12.8. The van der Waals surface area contributed by atoms with E-state index in [9.17, 15) is 4.79 Å². The normalized spacial score (nSPS) is 12.5. The smallest absolute Gasteiger partial charge is 0.261 e. The molecular weight excluding hydrogens is 328 g/mol. The van der Waals surface area contributed by atoms with Gasteiger partial charge in [0.1, 0.15) is 5.82 Å². The Morgan fingerprint density at radius 1 is 1.14 bits per heavy atom. The molecule has 4 heteroatoms. The van der Waals surface area contributed by atoms with E-state index in [1.54, 1.807) is 4.57 Å².